The Hall–Kier alpha value is -2.93. The van der Waals surface area contributed by atoms with Crippen LogP contribution >= 0.6 is 34.8 Å². The summed E-state index contributed by atoms with van der Waals surface area (Å²) in [5.74, 6) is -1.17. The van der Waals surface area contributed by atoms with E-state index in [1.54, 1.807) is 36.4 Å². The molecule has 0 saturated heterocycles. The van der Waals surface area contributed by atoms with Gasteiger partial charge < -0.3 is 14.6 Å². The van der Waals surface area contributed by atoms with Crippen molar-refractivity contribution in [2.24, 2.45) is 5.10 Å². The summed E-state index contributed by atoms with van der Waals surface area (Å²) in [7, 11) is 0. The van der Waals surface area contributed by atoms with Crippen LogP contribution < -0.4 is 10.9 Å². The van der Waals surface area contributed by atoms with E-state index in [4.69, 9.17) is 39.2 Å². The molecule has 29 heavy (non-hydrogen) atoms. The molecule has 0 aliphatic heterocycles. The SMILES string of the molecule is O=c1c2cccc(/C=N\Nc3cccc(Cl)c3)c2oc2c(Cl)c(O)c(Cl)c(O)c12. The molecule has 0 spiro atoms. The van der Waals surface area contributed by atoms with Crippen molar-refractivity contribution >= 4 is 68.6 Å². The number of halogens is 3. The number of benzene rings is 3. The molecule has 3 N–H and O–H groups in total. The van der Waals surface area contributed by atoms with Crippen LogP contribution in [0.3, 0.4) is 0 Å². The standard InChI is InChI=1S/C20H11Cl3N2O4/c21-10-4-2-5-11(7-10)25-24-8-9-3-1-6-12-16(26)13-17(27)14(22)18(28)15(23)20(13)29-19(9)12/h1-8,25,27-28H/b24-8-. The number of phenols is 2. The summed E-state index contributed by atoms with van der Waals surface area (Å²) < 4.78 is 5.78. The van der Waals surface area contributed by atoms with Gasteiger partial charge in [0.15, 0.2) is 17.1 Å². The number of nitrogens with zero attached hydrogens (tertiary/aromatic N) is 1. The number of fused-ring (bicyclic) bond motifs is 2. The molecule has 4 rings (SSSR count). The third-order valence-electron chi connectivity index (χ3n) is 4.23. The molecule has 1 aromatic heterocycles. The quantitative estimate of drug-likeness (QED) is 0.210. The van der Waals surface area contributed by atoms with Crippen LogP contribution in [0.5, 0.6) is 11.5 Å². The number of hydrogen-bond acceptors (Lipinski definition) is 6. The molecule has 0 radical (unpaired) electrons. The van der Waals surface area contributed by atoms with Crippen LogP contribution in [0.2, 0.25) is 15.1 Å². The normalized spacial score (nSPS) is 11.6. The summed E-state index contributed by atoms with van der Waals surface area (Å²) in [6.07, 6.45) is 1.46. The fourth-order valence-corrected chi connectivity index (χ4v) is 3.53. The van der Waals surface area contributed by atoms with Crippen LogP contribution in [-0.4, -0.2) is 16.4 Å². The Bertz CT molecular complexity index is 1370. The first kappa shape index (κ1) is 19.4. The zero-order valence-corrected chi connectivity index (χ0v) is 16.7. The summed E-state index contributed by atoms with van der Waals surface area (Å²) in [4.78, 5) is 12.9. The first-order chi connectivity index (χ1) is 13.9. The van der Waals surface area contributed by atoms with E-state index in [9.17, 15) is 15.0 Å². The van der Waals surface area contributed by atoms with E-state index in [0.717, 1.165) is 0 Å². The third kappa shape index (κ3) is 3.35. The molecule has 9 heteroatoms. The molecule has 0 saturated carbocycles. The van der Waals surface area contributed by atoms with Crippen molar-refractivity contribution in [3.63, 3.8) is 0 Å². The fourth-order valence-electron chi connectivity index (χ4n) is 2.87. The lowest BCUT2D eigenvalue weighted by molar-refractivity contribution is 0.453. The van der Waals surface area contributed by atoms with Crippen molar-refractivity contribution in [2.45, 2.75) is 0 Å². The van der Waals surface area contributed by atoms with Gasteiger partial charge in [-0.1, -0.05) is 46.9 Å². The van der Waals surface area contributed by atoms with Gasteiger partial charge in [-0.2, -0.15) is 5.10 Å². The second-order valence-corrected chi connectivity index (χ2v) is 7.26. The molecule has 0 atom stereocenters. The number of rotatable bonds is 3. The third-order valence-corrected chi connectivity index (χ3v) is 5.17. The Labute approximate surface area is 178 Å². The number of para-hydroxylation sites is 1. The maximum Gasteiger partial charge on any atom is 0.204 e. The molecule has 0 aliphatic carbocycles. The summed E-state index contributed by atoms with van der Waals surface area (Å²) >= 11 is 17.9. The van der Waals surface area contributed by atoms with E-state index in [2.05, 4.69) is 10.5 Å². The molecule has 0 bridgehead atoms. The van der Waals surface area contributed by atoms with Gasteiger partial charge in [0, 0.05) is 10.6 Å². The number of hydrazone groups is 1. The van der Waals surface area contributed by atoms with Crippen molar-refractivity contribution < 1.29 is 14.6 Å². The maximum atomic E-state index is 12.9. The van der Waals surface area contributed by atoms with Crippen LogP contribution in [-0.2, 0) is 0 Å². The molecule has 0 unspecified atom stereocenters. The lowest BCUT2D eigenvalue weighted by Crippen LogP contribution is -2.04. The molecule has 3 aromatic carbocycles. The lowest BCUT2D eigenvalue weighted by Gasteiger charge is -2.09. The van der Waals surface area contributed by atoms with Gasteiger partial charge in [-0.15, -0.1) is 0 Å². The molecule has 0 fully saturated rings. The Morgan fingerprint density at radius 1 is 0.966 bits per heavy atom. The number of hydrogen-bond donors (Lipinski definition) is 3. The van der Waals surface area contributed by atoms with Crippen LogP contribution in [0.4, 0.5) is 5.69 Å². The monoisotopic (exact) mass is 448 g/mol. The number of aromatic hydroxyl groups is 2. The number of nitrogens with one attached hydrogen (secondary N) is 1. The summed E-state index contributed by atoms with van der Waals surface area (Å²) in [6, 6.07) is 11.9. The lowest BCUT2D eigenvalue weighted by atomic mass is 10.1. The Balaban J connectivity index is 1.88. The molecule has 146 valence electrons. The van der Waals surface area contributed by atoms with Crippen molar-refractivity contribution in [3.8, 4) is 11.5 Å². The van der Waals surface area contributed by atoms with Crippen molar-refractivity contribution in [2.75, 3.05) is 5.43 Å². The van der Waals surface area contributed by atoms with E-state index in [1.165, 1.54) is 12.3 Å². The molecule has 6 nitrogen and oxygen atoms in total. The van der Waals surface area contributed by atoms with Gasteiger partial charge in [-0.25, -0.2) is 0 Å². The van der Waals surface area contributed by atoms with E-state index < -0.39 is 22.0 Å². The molecule has 4 aromatic rings. The maximum absolute atomic E-state index is 12.9. The average Bonchev–Trinajstić information content (AvgIpc) is 2.71. The highest BCUT2D eigenvalue weighted by Crippen LogP contribution is 2.45. The molecule has 0 amide bonds. The first-order valence-electron chi connectivity index (χ1n) is 8.21. The Kier molecular flexibility index (Phi) is 5.00. The van der Waals surface area contributed by atoms with E-state index in [-0.39, 0.29) is 27.0 Å². The highest BCUT2D eigenvalue weighted by molar-refractivity contribution is 6.42. The predicted octanol–water partition coefficient (Wildman–Crippen LogP) is 5.76. The average molecular weight is 450 g/mol. The molecular weight excluding hydrogens is 439 g/mol. The minimum absolute atomic E-state index is 0.174. The molecule has 0 aliphatic rings. The second kappa shape index (κ2) is 7.48. The minimum Gasteiger partial charge on any atom is -0.505 e. The van der Waals surface area contributed by atoms with Gasteiger partial charge in [-0.3, -0.25) is 10.2 Å². The van der Waals surface area contributed by atoms with E-state index in [0.29, 0.717) is 16.3 Å². The van der Waals surface area contributed by atoms with Gasteiger partial charge in [0.2, 0.25) is 5.43 Å². The molecule has 1 heterocycles. The predicted molar refractivity (Wildman–Crippen MR) is 116 cm³/mol. The van der Waals surface area contributed by atoms with Crippen molar-refractivity contribution in [1.29, 1.82) is 0 Å². The van der Waals surface area contributed by atoms with Gasteiger partial charge in [-0.05, 0) is 30.3 Å². The zero-order valence-electron chi connectivity index (χ0n) is 14.4. The van der Waals surface area contributed by atoms with Crippen molar-refractivity contribution in [3.05, 3.63) is 73.3 Å². The van der Waals surface area contributed by atoms with Crippen LogP contribution in [0.25, 0.3) is 21.9 Å². The van der Waals surface area contributed by atoms with Crippen LogP contribution in [0.15, 0.2) is 56.8 Å². The van der Waals surface area contributed by atoms with Crippen molar-refractivity contribution in [1.82, 2.24) is 0 Å². The summed E-state index contributed by atoms with van der Waals surface area (Å²) in [6.45, 7) is 0. The largest absolute Gasteiger partial charge is 0.505 e. The second-order valence-electron chi connectivity index (χ2n) is 6.06. The summed E-state index contributed by atoms with van der Waals surface area (Å²) in [5, 5.41) is 24.2. The van der Waals surface area contributed by atoms with Gasteiger partial charge >= 0.3 is 0 Å². The highest BCUT2D eigenvalue weighted by atomic mass is 35.5. The number of phenolic OH excluding ortho intramolecular Hbond substituents is 2. The fraction of sp³-hybridized carbons (Fsp3) is 0. The Morgan fingerprint density at radius 3 is 2.48 bits per heavy atom. The van der Waals surface area contributed by atoms with Gasteiger partial charge in [0.25, 0.3) is 0 Å². The van der Waals surface area contributed by atoms with E-state index >= 15 is 0 Å². The topological polar surface area (TPSA) is 95.1 Å². The highest BCUT2D eigenvalue weighted by Gasteiger charge is 2.22. The smallest absolute Gasteiger partial charge is 0.204 e. The summed E-state index contributed by atoms with van der Waals surface area (Å²) in [5.41, 5.74) is 3.45. The Morgan fingerprint density at radius 2 is 1.72 bits per heavy atom. The minimum atomic E-state index is -0.596. The van der Waals surface area contributed by atoms with Gasteiger partial charge in [0.1, 0.15) is 21.0 Å². The van der Waals surface area contributed by atoms with E-state index in [1.807, 2.05) is 0 Å². The molecular formula is C20H11Cl3N2O4. The number of anilines is 1. The van der Waals surface area contributed by atoms with Gasteiger partial charge in [0.05, 0.1) is 17.3 Å². The van der Waals surface area contributed by atoms with Crippen LogP contribution in [0, 0.1) is 0 Å². The zero-order chi connectivity index (χ0) is 20.7. The van der Waals surface area contributed by atoms with Crippen LogP contribution in [0.1, 0.15) is 5.56 Å². The first-order valence-corrected chi connectivity index (χ1v) is 9.35.